The minimum Gasteiger partial charge on any atom is -0.306 e. The van der Waals surface area contributed by atoms with Crippen LogP contribution in [0.3, 0.4) is 0 Å². The van der Waals surface area contributed by atoms with Crippen LogP contribution in [-0.2, 0) is 0 Å². The number of nitrogens with one attached hydrogen (secondary N) is 1. The van der Waals surface area contributed by atoms with E-state index >= 15 is 0 Å². The van der Waals surface area contributed by atoms with Gasteiger partial charge in [-0.1, -0.05) is 13.8 Å². The average Bonchev–Trinajstić information content (AvgIpc) is 2.64. The lowest BCUT2D eigenvalue weighted by atomic mass is 9.79. The molecule has 1 atom stereocenters. The number of likely N-dealkylation sites (tertiary alicyclic amines) is 1. The molecule has 2 saturated heterocycles. The van der Waals surface area contributed by atoms with Gasteiger partial charge in [0, 0.05) is 19.6 Å². The van der Waals surface area contributed by atoms with Crippen LogP contribution in [0.25, 0.3) is 0 Å². The molecule has 3 heteroatoms. The summed E-state index contributed by atoms with van der Waals surface area (Å²) in [6.07, 6.45) is 4.18. The molecule has 0 bridgehead atoms. The van der Waals surface area contributed by atoms with Gasteiger partial charge in [0.05, 0.1) is 0 Å². The Morgan fingerprint density at radius 1 is 1.07 bits per heavy atom. The van der Waals surface area contributed by atoms with Crippen LogP contribution in [0, 0.1) is 5.41 Å². The number of nitrogens with zero attached hydrogens (tertiary/aromatic N) is 2. The van der Waals surface area contributed by atoms with E-state index in [2.05, 4.69) is 22.4 Å². The number of hydrazine groups is 1. The molecule has 90 valence electrons. The Morgan fingerprint density at radius 3 is 2.33 bits per heavy atom. The Bertz CT molecular complexity index is 184. The first-order valence-electron chi connectivity index (χ1n) is 6.35. The highest BCUT2D eigenvalue weighted by molar-refractivity contribution is 4.93. The molecule has 2 aliphatic rings. The number of piperidine rings is 1. The van der Waals surface area contributed by atoms with Gasteiger partial charge in [-0.3, -0.25) is 5.43 Å². The first kappa shape index (κ1) is 12.9. The third-order valence-corrected chi connectivity index (χ3v) is 3.61. The van der Waals surface area contributed by atoms with E-state index in [9.17, 15) is 0 Å². The molecule has 2 rings (SSSR count). The highest BCUT2D eigenvalue weighted by atomic mass is 15.5. The maximum absolute atomic E-state index is 3.27. The molecule has 0 aromatic heterocycles. The Balaban J connectivity index is 0.000000531. The topological polar surface area (TPSA) is 18.5 Å². The lowest BCUT2D eigenvalue weighted by Crippen LogP contribution is -2.44. The Hall–Kier alpha value is -0.120. The normalized spacial score (nSPS) is 32.8. The largest absolute Gasteiger partial charge is 0.306 e. The van der Waals surface area contributed by atoms with Crippen LogP contribution in [0.4, 0.5) is 0 Å². The van der Waals surface area contributed by atoms with Crippen molar-refractivity contribution < 1.29 is 0 Å². The van der Waals surface area contributed by atoms with Crippen LogP contribution in [0.5, 0.6) is 0 Å². The third kappa shape index (κ3) is 3.16. The van der Waals surface area contributed by atoms with Crippen molar-refractivity contribution in [3.63, 3.8) is 0 Å². The summed E-state index contributed by atoms with van der Waals surface area (Å²) in [5, 5.41) is 2.36. The quantitative estimate of drug-likeness (QED) is 0.713. The van der Waals surface area contributed by atoms with E-state index in [0.717, 1.165) is 0 Å². The van der Waals surface area contributed by atoms with Crippen molar-refractivity contribution in [2.45, 2.75) is 33.1 Å². The summed E-state index contributed by atoms with van der Waals surface area (Å²) in [6.45, 7) is 9.06. The van der Waals surface area contributed by atoms with Crippen LogP contribution < -0.4 is 5.43 Å². The van der Waals surface area contributed by atoms with Crippen molar-refractivity contribution in [2.75, 3.05) is 40.3 Å². The van der Waals surface area contributed by atoms with Crippen molar-refractivity contribution in [2.24, 2.45) is 5.41 Å². The van der Waals surface area contributed by atoms with Gasteiger partial charge in [0.2, 0.25) is 0 Å². The maximum Gasteiger partial charge on any atom is 0.0200 e. The van der Waals surface area contributed by atoms with Crippen LogP contribution in [0.2, 0.25) is 0 Å². The van der Waals surface area contributed by atoms with Crippen LogP contribution in [0.15, 0.2) is 0 Å². The molecular weight excluding hydrogens is 186 g/mol. The number of hydrogen-bond donors (Lipinski definition) is 1. The highest BCUT2D eigenvalue weighted by Crippen LogP contribution is 2.37. The van der Waals surface area contributed by atoms with Crippen molar-refractivity contribution in [3.8, 4) is 0 Å². The monoisotopic (exact) mass is 213 g/mol. The lowest BCUT2D eigenvalue weighted by Gasteiger charge is -2.38. The number of hydrogen-bond acceptors (Lipinski definition) is 3. The maximum atomic E-state index is 3.27. The Morgan fingerprint density at radius 2 is 1.80 bits per heavy atom. The van der Waals surface area contributed by atoms with Gasteiger partial charge in [-0.2, -0.15) is 0 Å². The molecule has 0 saturated carbocycles. The second-order valence-corrected chi connectivity index (χ2v) is 4.74. The van der Waals surface area contributed by atoms with Gasteiger partial charge in [-0.05, 0) is 45.3 Å². The van der Waals surface area contributed by atoms with E-state index in [4.69, 9.17) is 0 Å². The average molecular weight is 213 g/mol. The zero-order valence-corrected chi connectivity index (χ0v) is 10.8. The second kappa shape index (κ2) is 5.83. The number of rotatable bonds is 1. The van der Waals surface area contributed by atoms with Gasteiger partial charge < -0.3 is 4.90 Å². The lowest BCUT2D eigenvalue weighted by molar-refractivity contribution is 0.105. The zero-order chi connectivity index (χ0) is 11.3. The summed E-state index contributed by atoms with van der Waals surface area (Å²) in [7, 11) is 4.29. The Labute approximate surface area is 94.8 Å². The van der Waals surface area contributed by atoms with Crippen molar-refractivity contribution in [1.82, 2.24) is 15.3 Å². The third-order valence-electron chi connectivity index (χ3n) is 3.61. The van der Waals surface area contributed by atoms with E-state index in [1.807, 2.05) is 20.9 Å². The predicted molar refractivity (Wildman–Crippen MR) is 65.8 cm³/mol. The van der Waals surface area contributed by atoms with Crippen molar-refractivity contribution >= 4 is 0 Å². The molecular formula is C12H27N3. The van der Waals surface area contributed by atoms with E-state index in [1.165, 1.54) is 45.4 Å². The molecule has 1 spiro atoms. The van der Waals surface area contributed by atoms with Gasteiger partial charge in [0.1, 0.15) is 0 Å². The summed E-state index contributed by atoms with van der Waals surface area (Å²) in [5.41, 5.74) is 3.87. The van der Waals surface area contributed by atoms with E-state index in [1.54, 1.807) is 0 Å². The molecule has 0 radical (unpaired) electrons. The fourth-order valence-electron chi connectivity index (χ4n) is 2.91. The summed E-state index contributed by atoms with van der Waals surface area (Å²) in [6, 6.07) is 0. The Kier molecular flexibility index (Phi) is 5.03. The summed E-state index contributed by atoms with van der Waals surface area (Å²) >= 11 is 0. The SMILES string of the molecule is CC.CNN1CCC2(CCCN(C)C2)C1. The smallest absolute Gasteiger partial charge is 0.0200 e. The molecule has 3 nitrogen and oxygen atoms in total. The molecule has 15 heavy (non-hydrogen) atoms. The highest BCUT2D eigenvalue weighted by Gasteiger charge is 2.39. The first-order valence-corrected chi connectivity index (χ1v) is 6.35. The van der Waals surface area contributed by atoms with Gasteiger partial charge in [0.15, 0.2) is 0 Å². The van der Waals surface area contributed by atoms with E-state index in [0.29, 0.717) is 5.41 Å². The van der Waals surface area contributed by atoms with Crippen LogP contribution in [-0.4, -0.2) is 50.2 Å². The molecule has 2 fully saturated rings. The summed E-state index contributed by atoms with van der Waals surface area (Å²) in [4.78, 5) is 2.49. The molecule has 2 aliphatic heterocycles. The molecule has 0 aromatic carbocycles. The van der Waals surface area contributed by atoms with Crippen LogP contribution in [0.1, 0.15) is 33.1 Å². The molecule has 2 heterocycles. The second-order valence-electron chi connectivity index (χ2n) is 4.74. The van der Waals surface area contributed by atoms with Crippen LogP contribution >= 0.6 is 0 Å². The fraction of sp³-hybridized carbons (Fsp3) is 1.00. The fourth-order valence-corrected chi connectivity index (χ4v) is 2.91. The van der Waals surface area contributed by atoms with Crippen molar-refractivity contribution in [3.05, 3.63) is 0 Å². The molecule has 0 amide bonds. The molecule has 0 aliphatic carbocycles. The first-order chi connectivity index (χ1) is 7.24. The zero-order valence-electron chi connectivity index (χ0n) is 10.8. The summed E-state index contributed by atoms with van der Waals surface area (Å²) < 4.78 is 0. The van der Waals surface area contributed by atoms with E-state index < -0.39 is 0 Å². The molecule has 1 unspecified atom stereocenters. The van der Waals surface area contributed by atoms with Gasteiger partial charge in [-0.25, -0.2) is 5.01 Å². The standard InChI is InChI=1S/C10H21N3.C2H6/c1-11-13-7-5-10(9-13)4-3-6-12(2)8-10;1-2/h11H,3-9H2,1-2H3;1-2H3. The van der Waals surface area contributed by atoms with Gasteiger partial charge >= 0.3 is 0 Å². The van der Waals surface area contributed by atoms with E-state index in [-0.39, 0.29) is 0 Å². The van der Waals surface area contributed by atoms with Gasteiger partial charge in [0.25, 0.3) is 0 Å². The minimum atomic E-state index is 0.607. The molecule has 1 N–H and O–H groups in total. The van der Waals surface area contributed by atoms with Crippen molar-refractivity contribution in [1.29, 1.82) is 0 Å². The summed E-state index contributed by atoms with van der Waals surface area (Å²) in [5.74, 6) is 0. The molecule has 0 aromatic rings. The predicted octanol–water partition coefficient (Wildman–Crippen LogP) is 1.56. The minimum absolute atomic E-state index is 0.607. The van der Waals surface area contributed by atoms with Gasteiger partial charge in [-0.15, -0.1) is 0 Å².